The van der Waals surface area contributed by atoms with Crippen molar-refractivity contribution in [3.63, 3.8) is 0 Å². The van der Waals surface area contributed by atoms with Crippen LogP contribution in [-0.2, 0) is 25.5 Å². The average Bonchev–Trinajstić information content (AvgIpc) is 3.26. The molecule has 8 heteroatoms. The first-order valence-electron chi connectivity index (χ1n) is 13.0. The number of thioether (sulfide) groups is 1. The summed E-state index contributed by atoms with van der Waals surface area (Å²) in [5.41, 5.74) is 0.980. The zero-order chi connectivity index (χ0) is 25.3. The molecule has 1 spiro atoms. The van der Waals surface area contributed by atoms with Crippen LogP contribution in [0.15, 0.2) is 54.6 Å². The minimum atomic E-state index is -0.887. The first kappa shape index (κ1) is 25.1. The highest BCUT2D eigenvalue weighted by molar-refractivity contribution is 8.02. The normalized spacial score (nSPS) is 32.3. The van der Waals surface area contributed by atoms with Crippen molar-refractivity contribution >= 4 is 29.5 Å². The van der Waals surface area contributed by atoms with Crippen LogP contribution >= 0.6 is 11.8 Å². The highest BCUT2D eigenvalue weighted by Gasteiger charge is 2.71. The maximum atomic E-state index is 14.3. The second-order valence-corrected chi connectivity index (χ2v) is 11.5. The van der Waals surface area contributed by atoms with Crippen LogP contribution in [0.3, 0.4) is 0 Å². The number of cyclic esters (lactones) is 1. The number of aliphatic hydroxyl groups excluding tert-OH is 1. The van der Waals surface area contributed by atoms with Crippen LogP contribution in [0.4, 0.5) is 0 Å². The summed E-state index contributed by atoms with van der Waals surface area (Å²) in [5.74, 6) is -2.10. The molecule has 1 unspecified atom stereocenters. The third kappa shape index (κ3) is 4.18. The molecule has 0 aromatic heterocycles. The van der Waals surface area contributed by atoms with Gasteiger partial charge in [0, 0.05) is 18.3 Å². The summed E-state index contributed by atoms with van der Waals surface area (Å²) in [7, 11) is 0. The van der Waals surface area contributed by atoms with E-state index in [1.807, 2.05) is 59.5 Å². The molecule has 0 radical (unpaired) electrons. The number of fused-ring (bicyclic) bond motifs is 2. The van der Waals surface area contributed by atoms with Gasteiger partial charge < -0.3 is 19.6 Å². The largest absolute Gasteiger partial charge is 0.465 e. The van der Waals surface area contributed by atoms with Gasteiger partial charge in [0.05, 0.1) is 35.8 Å². The van der Waals surface area contributed by atoms with E-state index in [-0.39, 0.29) is 36.2 Å². The predicted octanol–water partition coefficient (Wildman–Crippen LogP) is 2.59. The Labute approximate surface area is 216 Å². The van der Waals surface area contributed by atoms with Gasteiger partial charge in [-0.25, -0.2) is 0 Å². The number of likely N-dealkylation sites (tertiary alicyclic amines) is 1. The zero-order valence-electron chi connectivity index (χ0n) is 20.6. The SMILES string of the molecule is CCCCN1CC=C[C@]23S[C@H]4C=CCCOC(=O)[C@H]4[C@H]2C(=O)N([C@@H](CO)Cc2ccccc2)C3C1=O. The standard InChI is InChI=1S/C28H34N2O5S/c1-2-3-14-29-15-9-13-28-23(22-21(36-28)12-7-8-16-35-27(22)34)25(32)30(24(28)26(29)33)20(18-31)17-19-10-5-4-6-11-19/h4-7,9-13,20-24,31H,2-3,8,14-18H2,1H3/t20-,21+,22-,23+,24?,28+/m1/s1. The number of benzene rings is 1. The number of ether oxygens (including phenoxy) is 1. The van der Waals surface area contributed by atoms with E-state index < -0.39 is 28.7 Å². The molecular weight excluding hydrogens is 476 g/mol. The summed E-state index contributed by atoms with van der Waals surface area (Å²) in [6.07, 6.45) is 10.9. The lowest BCUT2D eigenvalue weighted by Crippen LogP contribution is -2.57. The van der Waals surface area contributed by atoms with Gasteiger partial charge in [0.1, 0.15) is 6.04 Å². The van der Waals surface area contributed by atoms with Gasteiger partial charge in [0.2, 0.25) is 11.8 Å². The van der Waals surface area contributed by atoms with Gasteiger partial charge in [0.15, 0.2) is 0 Å². The second-order valence-electron chi connectivity index (χ2n) is 10.0. The molecular formula is C28H34N2O5S. The summed E-state index contributed by atoms with van der Waals surface area (Å²) >= 11 is 1.54. The molecule has 0 aliphatic carbocycles. The number of unbranched alkanes of at least 4 members (excludes halogenated alkanes) is 1. The fourth-order valence-electron chi connectivity index (χ4n) is 6.17. The Bertz CT molecular complexity index is 1060. The van der Waals surface area contributed by atoms with Gasteiger partial charge in [-0.1, -0.05) is 68.0 Å². The van der Waals surface area contributed by atoms with Crippen LogP contribution in [0.5, 0.6) is 0 Å². The van der Waals surface area contributed by atoms with Crippen LogP contribution < -0.4 is 0 Å². The summed E-state index contributed by atoms with van der Waals surface area (Å²) in [6.45, 7) is 3.20. The number of hydrogen-bond donors (Lipinski definition) is 1. The molecule has 7 nitrogen and oxygen atoms in total. The summed E-state index contributed by atoms with van der Waals surface area (Å²) in [4.78, 5) is 45.1. The molecule has 2 fully saturated rings. The van der Waals surface area contributed by atoms with Crippen molar-refractivity contribution in [3.8, 4) is 0 Å². The molecule has 1 N–H and O–H groups in total. The quantitative estimate of drug-likeness (QED) is 0.448. The number of aliphatic hydroxyl groups is 1. The van der Waals surface area contributed by atoms with Gasteiger partial charge in [-0.05, 0) is 24.8 Å². The number of hydrogen-bond acceptors (Lipinski definition) is 6. The van der Waals surface area contributed by atoms with E-state index >= 15 is 0 Å². The number of carbonyl (C=O) groups is 3. The molecule has 2 saturated heterocycles. The average molecular weight is 511 g/mol. The van der Waals surface area contributed by atoms with Gasteiger partial charge in [0.25, 0.3) is 0 Å². The minimum Gasteiger partial charge on any atom is -0.465 e. The van der Waals surface area contributed by atoms with E-state index in [9.17, 15) is 19.5 Å². The Hall–Kier alpha value is -2.58. The van der Waals surface area contributed by atoms with E-state index in [2.05, 4.69) is 6.92 Å². The molecule has 1 aromatic carbocycles. The molecule has 36 heavy (non-hydrogen) atoms. The van der Waals surface area contributed by atoms with Crippen LogP contribution in [-0.4, -0.2) is 81.1 Å². The van der Waals surface area contributed by atoms with Gasteiger partial charge in [-0.2, -0.15) is 0 Å². The highest BCUT2D eigenvalue weighted by atomic mass is 32.2. The van der Waals surface area contributed by atoms with Gasteiger partial charge in [-0.15, -0.1) is 11.8 Å². The smallest absolute Gasteiger partial charge is 0.311 e. The van der Waals surface area contributed by atoms with Crippen LogP contribution in [0.25, 0.3) is 0 Å². The fraction of sp³-hybridized carbons (Fsp3) is 0.536. The van der Waals surface area contributed by atoms with Gasteiger partial charge >= 0.3 is 5.97 Å². The molecule has 6 atom stereocenters. The Morgan fingerprint density at radius 1 is 1.17 bits per heavy atom. The molecule has 4 aliphatic rings. The summed E-state index contributed by atoms with van der Waals surface area (Å²) < 4.78 is 4.65. The minimum absolute atomic E-state index is 0.102. The van der Waals surface area contributed by atoms with E-state index in [1.165, 1.54) is 0 Å². The van der Waals surface area contributed by atoms with E-state index in [4.69, 9.17) is 4.74 Å². The summed E-state index contributed by atoms with van der Waals surface area (Å²) in [6, 6.07) is 8.34. The Kier molecular flexibility index (Phi) is 7.26. The molecule has 0 bridgehead atoms. The fourth-order valence-corrected chi connectivity index (χ4v) is 8.16. The maximum Gasteiger partial charge on any atom is 0.311 e. The Morgan fingerprint density at radius 3 is 2.72 bits per heavy atom. The maximum absolute atomic E-state index is 14.3. The highest BCUT2D eigenvalue weighted by Crippen LogP contribution is 2.61. The first-order chi connectivity index (χ1) is 17.5. The van der Waals surface area contributed by atoms with Crippen molar-refractivity contribution in [2.75, 3.05) is 26.3 Å². The lowest BCUT2D eigenvalue weighted by Gasteiger charge is -2.38. The molecule has 0 saturated carbocycles. The first-order valence-corrected chi connectivity index (χ1v) is 13.8. The number of nitrogens with zero attached hydrogens (tertiary/aromatic N) is 2. The van der Waals surface area contributed by atoms with Crippen LogP contribution in [0, 0.1) is 11.8 Å². The second kappa shape index (κ2) is 10.4. The molecule has 4 heterocycles. The van der Waals surface area contributed by atoms with Crippen LogP contribution in [0.2, 0.25) is 0 Å². The van der Waals surface area contributed by atoms with Crippen molar-refractivity contribution in [2.45, 2.75) is 54.7 Å². The Balaban J connectivity index is 1.59. The molecule has 5 rings (SSSR count). The third-order valence-electron chi connectivity index (χ3n) is 7.84. The monoisotopic (exact) mass is 510 g/mol. The number of esters is 1. The molecule has 192 valence electrons. The predicted molar refractivity (Wildman–Crippen MR) is 138 cm³/mol. The summed E-state index contributed by atoms with van der Waals surface area (Å²) in [5, 5.41) is 10.3. The van der Waals surface area contributed by atoms with Crippen molar-refractivity contribution in [1.82, 2.24) is 9.80 Å². The van der Waals surface area contributed by atoms with E-state index in [0.717, 1.165) is 18.4 Å². The zero-order valence-corrected chi connectivity index (χ0v) is 21.4. The molecule has 2 amide bonds. The van der Waals surface area contributed by atoms with Crippen LogP contribution in [0.1, 0.15) is 31.7 Å². The number of amides is 2. The molecule has 1 aromatic rings. The topological polar surface area (TPSA) is 87.2 Å². The third-order valence-corrected chi connectivity index (χ3v) is 9.59. The van der Waals surface area contributed by atoms with Crippen molar-refractivity contribution in [1.29, 1.82) is 0 Å². The number of rotatable bonds is 7. The van der Waals surface area contributed by atoms with E-state index in [0.29, 0.717) is 25.9 Å². The lowest BCUT2D eigenvalue weighted by atomic mass is 9.78. The van der Waals surface area contributed by atoms with E-state index in [1.54, 1.807) is 16.7 Å². The number of carbonyl (C=O) groups excluding carboxylic acids is 3. The van der Waals surface area contributed by atoms with Gasteiger partial charge in [-0.3, -0.25) is 14.4 Å². The van der Waals surface area contributed by atoms with Crippen molar-refractivity contribution in [3.05, 3.63) is 60.2 Å². The lowest BCUT2D eigenvalue weighted by molar-refractivity contribution is -0.153. The van der Waals surface area contributed by atoms with Crippen molar-refractivity contribution in [2.24, 2.45) is 11.8 Å². The Morgan fingerprint density at radius 2 is 1.97 bits per heavy atom. The molecule has 4 aliphatic heterocycles. The van der Waals surface area contributed by atoms with Crippen molar-refractivity contribution < 1.29 is 24.2 Å².